The summed E-state index contributed by atoms with van der Waals surface area (Å²) in [7, 11) is 0. The maximum Gasteiger partial charge on any atom is 0.0626 e. The third kappa shape index (κ3) is 1.56. The van der Waals surface area contributed by atoms with Gasteiger partial charge in [0, 0.05) is 0 Å². The summed E-state index contributed by atoms with van der Waals surface area (Å²) in [5.41, 5.74) is 4.17. The molecule has 1 heterocycles. The zero-order chi connectivity index (χ0) is 9.97. The monoisotopic (exact) mass is 191 g/mol. The van der Waals surface area contributed by atoms with Gasteiger partial charge in [-0.2, -0.15) is 0 Å². The van der Waals surface area contributed by atoms with Gasteiger partial charge in [0.2, 0.25) is 0 Å². The van der Waals surface area contributed by atoms with Crippen molar-refractivity contribution < 1.29 is 5.11 Å². The second-order valence-electron chi connectivity index (χ2n) is 3.78. The highest BCUT2D eigenvalue weighted by atomic mass is 16.3. The highest BCUT2D eigenvalue weighted by Gasteiger charge is 2.19. The van der Waals surface area contributed by atoms with Crippen molar-refractivity contribution in [1.29, 1.82) is 0 Å². The Morgan fingerprint density at radius 2 is 2.36 bits per heavy atom. The van der Waals surface area contributed by atoms with Crippen LogP contribution in [0.5, 0.6) is 0 Å². The summed E-state index contributed by atoms with van der Waals surface area (Å²) < 4.78 is 0. The lowest BCUT2D eigenvalue weighted by atomic mass is 9.90. The van der Waals surface area contributed by atoms with E-state index in [1.54, 1.807) is 0 Å². The lowest BCUT2D eigenvalue weighted by molar-refractivity contribution is 0.240. The molecule has 0 fully saturated rings. The van der Waals surface area contributed by atoms with Crippen molar-refractivity contribution in [3.63, 3.8) is 0 Å². The number of fused-ring (bicyclic) bond motifs is 1. The zero-order valence-electron chi connectivity index (χ0n) is 8.59. The van der Waals surface area contributed by atoms with E-state index in [1.165, 1.54) is 16.7 Å². The van der Waals surface area contributed by atoms with Gasteiger partial charge >= 0.3 is 0 Å². The Morgan fingerprint density at radius 3 is 3.07 bits per heavy atom. The minimum Gasteiger partial charge on any atom is -0.394 e. The molecule has 0 radical (unpaired) electrons. The van der Waals surface area contributed by atoms with E-state index in [0.29, 0.717) is 0 Å². The number of nitrogens with one attached hydrogen (secondary N) is 1. The molecule has 1 atom stereocenters. The van der Waals surface area contributed by atoms with Gasteiger partial charge < -0.3 is 10.4 Å². The van der Waals surface area contributed by atoms with Gasteiger partial charge in [0.15, 0.2) is 0 Å². The Labute approximate surface area is 85.0 Å². The second-order valence-corrected chi connectivity index (χ2v) is 3.78. The van der Waals surface area contributed by atoms with Gasteiger partial charge in [0.1, 0.15) is 0 Å². The first kappa shape index (κ1) is 9.69. The molecule has 2 rings (SSSR count). The molecule has 1 aliphatic heterocycles. The van der Waals surface area contributed by atoms with Crippen molar-refractivity contribution in [2.24, 2.45) is 0 Å². The standard InChI is InChI=1S/C12H17NO/c1-2-9-4-3-5-11-10(9)6-7-13-12(11)8-14/h3-5,12-14H,2,6-8H2,1H3/t12-/m1/s1. The van der Waals surface area contributed by atoms with E-state index in [4.69, 9.17) is 0 Å². The Balaban J connectivity index is 2.43. The summed E-state index contributed by atoms with van der Waals surface area (Å²) in [6, 6.07) is 6.55. The van der Waals surface area contributed by atoms with E-state index in [1.807, 2.05) is 0 Å². The largest absolute Gasteiger partial charge is 0.394 e. The molecule has 0 aliphatic carbocycles. The number of aryl methyl sites for hydroxylation is 1. The van der Waals surface area contributed by atoms with Crippen LogP contribution in [0.15, 0.2) is 18.2 Å². The molecule has 1 aromatic rings. The van der Waals surface area contributed by atoms with Crippen LogP contribution in [0.2, 0.25) is 0 Å². The van der Waals surface area contributed by atoms with Gasteiger partial charge in [-0.3, -0.25) is 0 Å². The number of aliphatic hydroxyl groups excluding tert-OH is 1. The fraction of sp³-hybridized carbons (Fsp3) is 0.500. The van der Waals surface area contributed by atoms with Gasteiger partial charge in [0.05, 0.1) is 12.6 Å². The molecular formula is C12H17NO. The summed E-state index contributed by atoms with van der Waals surface area (Å²) >= 11 is 0. The van der Waals surface area contributed by atoms with Crippen molar-refractivity contribution in [2.75, 3.05) is 13.2 Å². The van der Waals surface area contributed by atoms with Gasteiger partial charge in [-0.15, -0.1) is 0 Å². The first-order chi connectivity index (χ1) is 6.86. The van der Waals surface area contributed by atoms with E-state index < -0.39 is 0 Å². The molecule has 0 bridgehead atoms. The van der Waals surface area contributed by atoms with E-state index in [9.17, 15) is 5.11 Å². The van der Waals surface area contributed by atoms with Crippen molar-refractivity contribution in [3.05, 3.63) is 34.9 Å². The van der Waals surface area contributed by atoms with Crippen LogP contribution in [0.1, 0.15) is 29.7 Å². The van der Waals surface area contributed by atoms with Crippen LogP contribution in [0.25, 0.3) is 0 Å². The molecule has 76 valence electrons. The van der Waals surface area contributed by atoms with Crippen molar-refractivity contribution >= 4 is 0 Å². The summed E-state index contributed by atoms with van der Waals surface area (Å²) in [5.74, 6) is 0. The molecule has 0 aromatic heterocycles. The summed E-state index contributed by atoms with van der Waals surface area (Å²) in [6.45, 7) is 3.36. The number of hydrogen-bond donors (Lipinski definition) is 2. The molecular weight excluding hydrogens is 174 g/mol. The fourth-order valence-electron chi connectivity index (χ4n) is 2.26. The Kier molecular flexibility index (Phi) is 2.85. The second kappa shape index (κ2) is 4.11. The van der Waals surface area contributed by atoms with Crippen LogP contribution in [0.4, 0.5) is 0 Å². The molecule has 2 nitrogen and oxygen atoms in total. The lowest BCUT2D eigenvalue weighted by Gasteiger charge is -2.27. The smallest absolute Gasteiger partial charge is 0.0626 e. The number of benzene rings is 1. The Bertz CT molecular complexity index is 322. The molecule has 1 aromatic carbocycles. The summed E-state index contributed by atoms with van der Waals surface area (Å²) in [5, 5.41) is 12.6. The molecule has 0 unspecified atom stereocenters. The Hall–Kier alpha value is -0.860. The average Bonchev–Trinajstić information content (AvgIpc) is 2.27. The van der Waals surface area contributed by atoms with Gasteiger partial charge in [0.25, 0.3) is 0 Å². The van der Waals surface area contributed by atoms with Crippen LogP contribution in [0.3, 0.4) is 0 Å². The van der Waals surface area contributed by atoms with Crippen LogP contribution >= 0.6 is 0 Å². The molecule has 14 heavy (non-hydrogen) atoms. The number of hydrogen-bond acceptors (Lipinski definition) is 2. The summed E-state index contributed by atoms with van der Waals surface area (Å²) in [4.78, 5) is 0. The van der Waals surface area contributed by atoms with Crippen LogP contribution in [-0.2, 0) is 12.8 Å². The maximum atomic E-state index is 9.24. The Morgan fingerprint density at radius 1 is 1.50 bits per heavy atom. The van der Waals surface area contributed by atoms with Crippen molar-refractivity contribution in [2.45, 2.75) is 25.8 Å². The minimum atomic E-state index is 0.144. The molecule has 0 spiro atoms. The van der Waals surface area contributed by atoms with Crippen LogP contribution in [-0.4, -0.2) is 18.3 Å². The highest BCUT2D eigenvalue weighted by Crippen LogP contribution is 2.25. The normalized spacial score (nSPS) is 20.6. The molecule has 0 saturated carbocycles. The zero-order valence-corrected chi connectivity index (χ0v) is 8.59. The predicted molar refractivity (Wildman–Crippen MR) is 57.4 cm³/mol. The van der Waals surface area contributed by atoms with Crippen LogP contribution in [0, 0.1) is 0 Å². The third-order valence-corrected chi connectivity index (χ3v) is 3.01. The maximum absolute atomic E-state index is 9.24. The van der Waals surface area contributed by atoms with E-state index >= 15 is 0 Å². The van der Waals surface area contributed by atoms with Crippen molar-refractivity contribution in [1.82, 2.24) is 5.32 Å². The highest BCUT2D eigenvalue weighted by molar-refractivity contribution is 5.39. The first-order valence-electron chi connectivity index (χ1n) is 5.31. The van der Waals surface area contributed by atoms with Gasteiger partial charge in [-0.05, 0) is 36.1 Å². The number of aliphatic hydroxyl groups is 1. The van der Waals surface area contributed by atoms with E-state index in [2.05, 4.69) is 30.4 Å². The van der Waals surface area contributed by atoms with Crippen LogP contribution < -0.4 is 5.32 Å². The average molecular weight is 191 g/mol. The molecule has 0 saturated heterocycles. The van der Waals surface area contributed by atoms with Gasteiger partial charge in [-0.25, -0.2) is 0 Å². The van der Waals surface area contributed by atoms with E-state index in [-0.39, 0.29) is 12.6 Å². The molecule has 2 N–H and O–H groups in total. The lowest BCUT2D eigenvalue weighted by Crippen LogP contribution is -2.32. The molecule has 1 aliphatic rings. The third-order valence-electron chi connectivity index (χ3n) is 3.01. The summed E-state index contributed by atoms with van der Waals surface area (Å²) in [6.07, 6.45) is 2.18. The predicted octanol–water partition coefficient (Wildman–Crippen LogP) is 1.43. The SMILES string of the molecule is CCc1cccc2c1CCN[C@@H]2CO. The molecule has 0 amide bonds. The quantitative estimate of drug-likeness (QED) is 0.741. The van der Waals surface area contributed by atoms with E-state index in [0.717, 1.165) is 19.4 Å². The minimum absolute atomic E-state index is 0.144. The first-order valence-corrected chi connectivity index (χ1v) is 5.31. The van der Waals surface area contributed by atoms with Crippen molar-refractivity contribution in [3.8, 4) is 0 Å². The number of rotatable bonds is 2. The molecule has 2 heteroatoms. The topological polar surface area (TPSA) is 32.3 Å². The fourth-order valence-corrected chi connectivity index (χ4v) is 2.26. The van der Waals surface area contributed by atoms with Gasteiger partial charge in [-0.1, -0.05) is 25.1 Å².